The molecule has 1 unspecified atom stereocenters. The minimum absolute atomic E-state index is 0.0625. The average Bonchev–Trinajstić information content (AvgIpc) is 3.63. The van der Waals surface area contributed by atoms with Crippen molar-refractivity contribution in [2.75, 3.05) is 10.6 Å². The normalized spacial score (nSPS) is 11.7. The molecule has 1 aromatic heterocycles. The van der Waals surface area contributed by atoms with E-state index < -0.39 is 22.0 Å². The number of hydrogen-bond donors (Lipinski definition) is 3. The number of aromatic nitrogens is 1. The molecule has 258 valence electrons. The van der Waals surface area contributed by atoms with Crippen LogP contribution in [0.5, 0.6) is 0 Å². The van der Waals surface area contributed by atoms with Gasteiger partial charge in [-0.3, -0.25) is 24.5 Å². The van der Waals surface area contributed by atoms with Gasteiger partial charge >= 0.3 is 0 Å². The molecular weight excluding hydrogens is 762 g/mol. The van der Waals surface area contributed by atoms with E-state index in [1.807, 2.05) is 60.0 Å². The Labute approximate surface area is 315 Å². The number of anilines is 2. The zero-order chi connectivity index (χ0) is 36.5. The predicted molar refractivity (Wildman–Crippen MR) is 209 cm³/mol. The van der Waals surface area contributed by atoms with Crippen LogP contribution in [-0.2, 0) is 9.59 Å². The van der Waals surface area contributed by atoms with Crippen molar-refractivity contribution < 1.29 is 19.3 Å². The summed E-state index contributed by atoms with van der Waals surface area (Å²) in [6, 6.07) is 38.2. The third kappa shape index (κ3) is 9.46. The van der Waals surface area contributed by atoms with Crippen molar-refractivity contribution in [2.24, 2.45) is 0 Å². The lowest BCUT2D eigenvalue weighted by Gasteiger charge is -2.17. The summed E-state index contributed by atoms with van der Waals surface area (Å²) in [5, 5.41) is 21.3. The van der Waals surface area contributed by atoms with Crippen molar-refractivity contribution >= 4 is 79.3 Å². The molecule has 0 spiro atoms. The highest BCUT2D eigenvalue weighted by Crippen LogP contribution is 2.37. The largest absolute Gasteiger partial charge is 0.321 e. The van der Waals surface area contributed by atoms with Crippen molar-refractivity contribution in [1.82, 2.24) is 10.3 Å². The first kappa shape index (κ1) is 35.9. The number of halogens is 1. The molecule has 1 heterocycles. The molecule has 3 amide bonds. The number of non-ortho nitro benzene ring substituents is 1. The third-order valence-electron chi connectivity index (χ3n) is 7.52. The van der Waals surface area contributed by atoms with E-state index in [0.29, 0.717) is 21.9 Å². The predicted octanol–water partition coefficient (Wildman–Crippen LogP) is 9.36. The van der Waals surface area contributed by atoms with Crippen LogP contribution in [0.2, 0.25) is 0 Å². The first-order valence-electron chi connectivity index (χ1n) is 15.7. The van der Waals surface area contributed by atoms with Gasteiger partial charge in [-0.15, -0.1) is 23.1 Å². The lowest BCUT2D eigenvalue weighted by Crippen LogP contribution is -2.30. The Bertz CT molecular complexity index is 2230. The second-order valence-electron chi connectivity index (χ2n) is 11.1. The lowest BCUT2D eigenvalue weighted by atomic mass is 10.1. The molecule has 1 atom stereocenters. The molecule has 0 saturated carbocycles. The van der Waals surface area contributed by atoms with Gasteiger partial charge in [-0.2, -0.15) is 0 Å². The maximum atomic E-state index is 13.7. The summed E-state index contributed by atoms with van der Waals surface area (Å²) in [5.41, 5.74) is 3.62. The average molecular weight is 791 g/mol. The van der Waals surface area contributed by atoms with Crippen molar-refractivity contribution in [3.8, 4) is 11.3 Å². The molecule has 0 radical (unpaired) electrons. The zero-order valence-corrected chi connectivity index (χ0v) is 30.3. The molecule has 5 aromatic carbocycles. The quantitative estimate of drug-likeness (QED) is 0.0485. The van der Waals surface area contributed by atoms with Crippen LogP contribution in [0.25, 0.3) is 17.3 Å². The van der Waals surface area contributed by atoms with E-state index >= 15 is 0 Å². The Morgan fingerprint density at radius 1 is 0.808 bits per heavy atom. The van der Waals surface area contributed by atoms with Crippen molar-refractivity contribution in [3.63, 3.8) is 0 Å². The third-order valence-corrected chi connectivity index (χ3v) is 10.1. The molecule has 52 heavy (non-hydrogen) atoms. The van der Waals surface area contributed by atoms with Crippen molar-refractivity contribution in [2.45, 2.75) is 10.1 Å². The van der Waals surface area contributed by atoms with E-state index in [2.05, 4.69) is 36.9 Å². The van der Waals surface area contributed by atoms with Gasteiger partial charge in [0.1, 0.15) is 10.9 Å². The number of carbonyl (C=O) groups excluding carboxylic acids is 3. The first-order valence-corrected chi connectivity index (χ1v) is 18.2. The number of amides is 3. The van der Waals surface area contributed by atoms with Crippen LogP contribution < -0.4 is 16.0 Å². The number of benzene rings is 5. The lowest BCUT2D eigenvalue weighted by molar-refractivity contribution is -0.384. The molecule has 0 fully saturated rings. The Morgan fingerprint density at radius 2 is 1.46 bits per heavy atom. The molecule has 6 rings (SSSR count). The summed E-state index contributed by atoms with van der Waals surface area (Å²) in [6.07, 6.45) is 1.44. The van der Waals surface area contributed by atoms with Crippen LogP contribution in [0.3, 0.4) is 0 Å². The van der Waals surface area contributed by atoms with Gasteiger partial charge in [0, 0.05) is 43.7 Å². The second-order valence-corrected chi connectivity index (χ2v) is 14.1. The van der Waals surface area contributed by atoms with Gasteiger partial charge in [-0.25, -0.2) is 4.98 Å². The number of carbonyl (C=O) groups is 3. The van der Waals surface area contributed by atoms with E-state index in [1.165, 1.54) is 53.4 Å². The number of nitrogens with one attached hydrogen (secondary N) is 3. The molecule has 10 nitrogen and oxygen atoms in total. The number of nitro benzene ring substituents is 1. The number of thiazole rings is 1. The minimum Gasteiger partial charge on any atom is -0.321 e. The van der Waals surface area contributed by atoms with Gasteiger partial charge in [-0.05, 0) is 77.9 Å². The van der Waals surface area contributed by atoms with Gasteiger partial charge in [0.25, 0.3) is 17.5 Å². The van der Waals surface area contributed by atoms with E-state index in [1.54, 1.807) is 54.6 Å². The van der Waals surface area contributed by atoms with Crippen LogP contribution in [0.1, 0.15) is 26.7 Å². The fourth-order valence-electron chi connectivity index (χ4n) is 4.91. The number of nitrogens with zero attached hydrogens (tertiary/aromatic N) is 2. The fraction of sp³-hybridized carbons (Fsp3) is 0.0256. The summed E-state index contributed by atoms with van der Waals surface area (Å²) in [6.45, 7) is 0. The van der Waals surface area contributed by atoms with Crippen LogP contribution in [0.15, 0.2) is 154 Å². The molecule has 3 N–H and O–H groups in total. The highest BCUT2D eigenvalue weighted by atomic mass is 79.9. The van der Waals surface area contributed by atoms with Crippen LogP contribution in [-0.4, -0.2) is 27.6 Å². The maximum Gasteiger partial charge on any atom is 0.272 e. The Hall–Kier alpha value is -5.89. The van der Waals surface area contributed by atoms with Gasteiger partial charge in [0.15, 0.2) is 5.13 Å². The SMILES string of the molecule is O=C(Nc1ccc(SC(C(=O)Nc2nc(-c3ccc(Br)cc3)cs2)c2ccccc2)cc1)/C(=C/c1ccc([N+](=O)[O-])cc1)NC(=O)c1ccccc1. The summed E-state index contributed by atoms with van der Waals surface area (Å²) in [4.78, 5) is 56.2. The van der Waals surface area contributed by atoms with Crippen molar-refractivity contribution in [3.05, 3.63) is 176 Å². The zero-order valence-electron chi connectivity index (χ0n) is 27.1. The first-order chi connectivity index (χ1) is 25.2. The van der Waals surface area contributed by atoms with Crippen molar-refractivity contribution in [1.29, 1.82) is 0 Å². The maximum absolute atomic E-state index is 13.7. The fourth-order valence-corrected chi connectivity index (χ4v) is 6.92. The molecule has 0 saturated heterocycles. The molecule has 6 aromatic rings. The van der Waals surface area contributed by atoms with E-state index in [4.69, 9.17) is 0 Å². The number of thioether (sulfide) groups is 1. The van der Waals surface area contributed by atoms with E-state index in [-0.39, 0.29) is 17.3 Å². The van der Waals surface area contributed by atoms with E-state index in [9.17, 15) is 24.5 Å². The van der Waals surface area contributed by atoms with E-state index in [0.717, 1.165) is 26.2 Å². The van der Waals surface area contributed by atoms with Crippen LogP contribution in [0.4, 0.5) is 16.5 Å². The minimum atomic E-state index is -0.605. The van der Waals surface area contributed by atoms with Crippen LogP contribution in [0, 0.1) is 10.1 Å². The van der Waals surface area contributed by atoms with Gasteiger partial charge < -0.3 is 16.0 Å². The molecule has 0 aliphatic heterocycles. The smallest absolute Gasteiger partial charge is 0.272 e. The molecule has 13 heteroatoms. The summed E-state index contributed by atoms with van der Waals surface area (Å²) < 4.78 is 0.965. The summed E-state index contributed by atoms with van der Waals surface area (Å²) in [7, 11) is 0. The number of hydrogen-bond acceptors (Lipinski definition) is 8. The van der Waals surface area contributed by atoms with Gasteiger partial charge in [0.2, 0.25) is 5.91 Å². The molecular formula is C39H28BrN5O5S2. The highest BCUT2D eigenvalue weighted by molar-refractivity contribution is 9.10. The molecule has 0 aliphatic rings. The monoisotopic (exact) mass is 789 g/mol. The highest BCUT2D eigenvalue weighted by Gasteiger charge is 2.24. The molecule has 0 bridgehead atoms. The Balaban J connectivity index is 1.17. The standard InChI is InChI=1S/C39H28BrN5O5S2/c40-29-15-13-26(14-16-29)34-24-51-39(43-34)44-38(48)35(27-7-3-1-4-8-27)52-32-21-17-30(18-22-32)41-37(47)33(42-36(46)28-9-5-2-6-10-28)23-25-11-19-31(20-12-25)45(49)50/h1-24,35H,(H,41,47)(H,42,46)(H,43,44,48)/b33-23-. The Morgan fingerprint density at radius 3 is 2.12 bits per heavy atom. The number of nitro groups is 1. The summed E-state index contributed by atoms with van der Waals surface area (Å²) in [5.74, 6) is -1.33. The second kappa shape index (κ2) is 16.9. The van der Waals surface area contributed by atoms with Gasteiger partial charge in [0.05, 0.1) is 10.6 Å². The summed E-state index contributed by atoms with van der Waals surface area (Å²) >= 11 is 6.14. The Kier molecular flexibility index (Phi) is 11.7. The molecule has 0 aliphatic carbocycles. The topological polar surface area (TPSA) is 143 Å². The van der Waals surface area contributed by atoms with Crippen LogP contribution >= 0.6 is 39.0 Å². The van der Waals surface area contributed by atoms with Gasteiger partial charge in [-0.1, -0.05) is 76.6 Å². The number of rotatable bonds is 12.